The number of hydrogen-bond donors (Lipinski definition) is 0. The summed E-state index contributed by atoms with van der Waals surface area (Å²) >= 11 is 0. The van der Waals surface area contributed by atoms with Crippen molar-refractivity contribution in [2.75, 3.05) is 0 Å². The first-order valence-corrected chi connectivity index (χ1v) is 6.11. The minimum atomic E-state index is 0. The minimum absolute atomic E-state index is 0. The van der Waals surface area contributed by atoms with Gasteiger partial charge >= 0.3 is 26.2 Å². The molecule has 0 unspecified atom stereocenters. The number of halogens is 2. The van der Waals surface area contributed by atoms with Gasteiger partial charge in [0.05, 0.1) is 0 Å². The quantitative estimate of drug-likeness (QED) is 0.489. The Morgan fingerprint density at radius 1 is 0.850 bits per heavy atom. The second-order valence-electron chi connectivity index (χ2n) is 4.43. The van der Waals surface area contributed by atoms with Crippen LogP contribution in [0.1, 0.15) is 12.5 Å². The fraction of sp³-hybridized carbons (Fsp3) is 0.118. The molecule has 101 valence electrons. The third-order valence-electron chi connectivity index (χ3n) is 3.28. The van der Waals surface area contributed by atoms with E-state index in [0.717, 1.165) is 6.42 Å². The van der Waals surface area contributed by atoms with Gasteiger partial charge in [0.2, 0.25) is 0 Å². The van der Waals surface area contributed by atoms with E-state index in [2.05, 4.69) is 67.6 Å². The van der Waals surface area contributed by atoms with E-state index < -0.39 is 0 Å². The zero-order valence-corrected chi connectivity index (χ0v) is 15.2. The van der Waals surface area contributed by atoms with Crippen molar-refractivity contribution in [2.24, 2.45) is 0 Å². The van der Waals surface area contributed by atoms with E-state index in [1.807, 2.05) is 0 Å². The van der Waals surface area contributed by atoms with E-state index in [1.165, 1.54) is 27.5 Å². The van der Waals surface area contributed by atoms with E-state index in [0.29, 0.717) is 0 Å². The Labute approximate surface area is 151 Å². The van der Waals surface area contributed by atoms with Crippen LogP contribution in [0.2, 0.25) is 0 Å². The molecule has 0 aliphatic heterocycles. The van der Waals surface area contributed by atoms with Crippen molar-refractivity contribution in [1.29, 1.82) is 0 Å². The van der Waals surface area contributed by atoms with Gasteiger partial charge in [0.15, 0.2) is 0 Å². The summed E-state index contributed by atoms with van der Waals surface area (Å²) in [6.07, 6.45) is 1.11. The molecular weight excluding hydrogens is 366 g/mol. The van der Waals surface area contributed by atoms with Crippen LogP contribution in [0.5, 0.6) is 0 Å². The first-order valence-electron chi connectivity index (χ1n) is 6.11. The Balaban J connectivity index is 0.00000120. The summed E-state index contributed by atoms with van der Waals surface area (Å²) in [6, 6.07) is 21.8. The Kier molecular flexibility index (Phi) is 8.51. The maximum absolute atomic E-state index is 2.29. The van der Waals surface area contributed by atoms with Crippen molar-refractivity contribution >= 4 is 10.8 Å². The zero-order valence-electron chi connectivity index (χ0n) is 11.2. The first kappa shape index (κ1) is 19.5. The minimum Gasteiger partial charge on any atom is -1.00 e. The van der Waals surface area contributed by atoms with Crippen molar-refractivity contribution in [2.45, 2.75) is 13.3 Å². The van der Waals surface area contributed by atoms with Crippen molar-refractivity contribution in [3.05, 3.63) is 66.2 Å². The van der Waals surface area contributed by atoms with Gasteiger partial charge in [-0.15, -0.1) is 28.5 Å². The van der Waals surface area contributed by atoms with Crippen LogP contribution in [0, 0.1) is 0 Å². The molecule has 0 bridgehead atoms. The maximum Gasteiger partial charge on any atom is 3.00 e. The summed E-state index contributed by atoms with van der Waals surface area (Å²) in [5, 5.41) is 2.70. The van der Waals surface area contributed by atoms with Crippen LogP contribution in [-0.2, 0) is 32.6 Å². The molecule has 0 amide bonds. The molecule has 0 aliphatic carbocycles. The molecule has 0 saturated heterocycles. The Hall–Kier alpha value is -0.487. The predicted molar refractivity (Wildman–Crippen MR) is 74.4 cm³/mol. The van der Waals surface area contributed by atoms with Gasteiger partial charge in [0, 0.05) is 0 Å². The number of rotatable bonds is 2. The molecule has 3 aromatic carbocycles. The summed E-state index contributed by atoms with van der Waals surface area (Å²) in [5.41, 5.74) is 4.00. The molecule has 20 heavy (non-hydrogen) atoms. The van der Waals surface area contributed by atoms with Crippen molar-refractivity contribution in [3.8, 4) is 11.1 Å². The van der Waals surface area contributed by atoms with Crippen LogP contribution in [0.15, 0.2) is 60.7 Å². The van der Waals surface area contributed by atoms with E-state index in [-0.39, 0.29) is 51.0 Å². The topological polar surface area (TPSA) is 0 Å². The smallest absolute Gasteiger partial charge is 1.00 e. The Morgan fingerprint density at radius 3 is 2.20 bits per heavy atom. The number of hydrogen-bond acceptors (Lipinski definition) is 0. The monoisotopic (exact) mass is 379 g/mol. The van der Waals surface area contributed by atoms with Crippen molar-refractivity contribution in [1.82, 2.24) is 0 Å². The SMILES string of the molecule is CCc1cc2cc(-c3ccccc3)ccc2[cH-]1.[Cl-].[Cl-].[Zr+3]. The molecule has 0 spiro atoms. The summed E-state index contributed by atoms with van der Waals surface area (Å²) in [4.78, 5) is 0. The maximum atomic E-state index is 2.29. The number of fused-ring (bicyclic) bond motifs is 1. The molecule has 0 N–H and O–H groups in total. The van der Waals surface area contributed by atoms with Crippen LogP contribution in [-0.4, -0.2) is 0 Å². The van der Waals surface area contributed by atoms with E-state index in [1.54, 1.807) is 0 Å². The van der Waals surface area contributed by atoms with Gasteiger partial charge in [-0.3, -0.25) is 0 Å². The van der Waals surface area contributed by atoms with Gasteiger partial charge < -0.3 is 24.8 Å². The predicted octanol–water partition coefficient (Wildman–Crippen LogP) is -1.21. The van der Waals surface area contributed by atoms with Crippen LogP contribution < -0.4 is 24.8 Å². The van der Waals surface area contributed by atoms with Gasteiger partial charge in [0.25, 0.3) is 0 Å². The number of aryl methyl sites for hydroxylation is 1. The molecule has 1 radical (unpaired) electrons. The molecular formula is C17H15Cl2Zr. The van der Waals surface area contributed by atoms with Crippen LogP contribution in [0.3, 0.4) is 0 Å². The standard InChI is InChI=1S/C17H15.2ClH.Zr/c1-2-13-10-15-8-9-16(12-17(15)11-13)14-6-4-3-5-7-14;;;/h3-12H,2H2,1H3;2*1H;/q-1;;;+3/p-2. The largest absolute Gasteiger partial charge is 3.00 e. The second kappa shape index (κ2) is 8.72. The average Bonchev–Trinajstić information content (AvgIpc) is 2.81. The molecule has 0 fully saturated rings. The van der Waals surface area contributed by atoms with Gasteiger partial charge in [-0.05, 0) is 17.5 Å². The average molecular weight is 381 g/mol. The summed E-state index contributed by atoms with van der Waals surface area (Å²) in [5.74, 6) is 0. The van der Waals surface area contributed by atoms with Gasteiger partial charge in [-0.2, -0.15) is 6.07 Å². The summed E-state index contributed by atoms with van der Waals surface area (Å²) in [6.45, 7) is 2.20. The molecule has 0 heterocycles. The molecule has 0 saturated carbocycles. The summed E-state index contributed by atoms with van der Waals surface area (Å²) < 4.78 is 0. The fourth-order valence-electron chi connectivity index (χ4n) is 2.29. The van der Waals surface area contributed by atoms with Crippen LogP contribution in [0.4, 0.5) is 0 Å². The van der Waals surface area contributed by atoms with E-state index in [4.69, 9.17) is 0 Å². The molecule has 3 rings (SSSR count). The van der Waals surface area contributed by atoms with E-state index in [9.17, 15) is 0 Å². The normalized spacial score (nSPS) is 9.25. The van der Waals surface area contributed by atoms with Crippen molar-refractivity contribution < 1.29 is 51.0 Å². The Morgan fingerprint density at radius 2 is 1.55 bits per heavy atom. The van der Waals surface area contributed by atoms with Crippen LogP contribution in [0.25, 0.3) is 21.9 Å². The molecule has 0 aromatic heterocycles. The van der Waals surface area contributed by atoms with Gasteiger partial charge in [0.1, 0.15) is 0 Å². The number of benzene rings is 2. The fourth-order valence-corrected chi connectivity index (χ4v) is 2.29. The Bertz CT molecular complexity index is 644. The zero-order chi connectivity index (χ0) is 11.7. The first-order chi connectivity index (χ1) is 8.36. The second-order valence-corrected chi connectivity index (χ2v) is 4.43. The molecule has 0 nitrogen and oxygen atoms in total. The molecule has 0 atom stereocenters. The molecule has 3 aromatic rings. The third kappa shape index (κ3) is 4.01. The summed E-state index contributed by atoms with van der Waals surface area (Å²) in [7, 11) is 0. The molecule has 0 aliphatic rings. The van der Waals surface area contributed by atoms with Crippen LogP contribution >= 0.6 is 0 Å². The third-order valence-corrected chi connectivity index (χ3v) is 3.28. The van der Waals surface area contributed by atoms with Gasteiger partial charge in [-0.1, -0.05) is 49.4 Å². The molecule has 3 heteroatoms. The van der Waals surface area contributed by atoms with Gasteiger partial charge in [-0.25, -0.2) is 0 Å². The van der Waals surface area contributed by atoms with E-state index >= 15 is 0 Å². The van der Waals surface area contributed by atoms with Crippen molar-refractivity contribution in [3.63, 3.8) is 0 Å².